The topological polar surface area (TPSA) is 56.8 Å². The second-order valence-electron chi connectivity index (χ2n) is 7.13. The largest absolute Gasteiger partial charge is 0.493 e. The lowest BCUT2D eigenvalue weighted by Crippen LogP contribution is -2.12. The molecule has 1 N–H and O–H groups in total. The molecule has 5 heteroatoms. The molecule has 0 aliphatic carbocycles. The van der Waals surface area contributed by atoms with Gasteiger partial charge in [0.15, 0.2) is 11.5 Å². The Hall–Kier alpha value is -3.73. The summed E-state index contributed by atoms with van der Waals surface area (Å²) in [6, 6.07) is 10.9. The van der Waals surface area contributed by atoms with Gasteiger partial charge in [-0.2, -0.15) is 0 Å². The SMILES string of the molecule is C=C/C=C(C)\C(=C/C)CC(=C)c1ccc(NC(=O)c2cc(OC)c(OC)c(OC)c2)cc1. The summed E-state index contributed by atoms with van der Waals surface area (Å²) in [5, 5.41) is 2.90. The molecule has 2 aromatic carbocycles. The molecule has 0 spiro atoms. The average Bonchev–Trinajstić information content (AvgIpc) is 2.81. The van der Waals surface area contributed by atoms with Crippen molar-refractivity contribution in [3.8, 4) is 17.2 Å². The summed E-state index contributed by atoms with van der Waals surface area (Å²) < 4.78 is 16.0. The van der Waals surface area contributed by atoms with Gasteiger partial charge in [-0.05, 0) is 66.8 Å². The highest BCUT2D eigenvalue weighted by Crippen LogP contribution is 2.38. The van der Waals surface area contributed by atoms with Gasteiger partial charge in [0.2, 0.25) is 5.75 Å². The van der Waals surface area contributed by atoms with Gasteiger partial charge in [0, 0.05) is 11.3 Å². The van der Waals surface area contributed by atoms with Crippen LogP contribution in [0.4, 0.5) is 5.69 Å². The van der Waals surface area contributed by atoms with Gasteiger partial charge in [-0.15, -0.1) is 0 Å². The van der Waals surface area contributed by atoms with Crippen LogP contribution < -0.4 is 19.5 Å². The highest BCUT2D eigenvalue weighted by molar-refractivity contribution is 6.05. The van der Waals surface area contributed by atoms with Gasteiger partial charge in [0.1, 0.15) is 0 Å². The summed E-state index contributed by atoms with van der Waals surface area (Å²) in [4.78, 5) is 12.8. The van der Waals surface area contributed by atoms with E-state index >= 15 is 0 Å². The number of hydrogen-bond donors (Lipinski definition) is 1. The van der Waals surface area contributed by atoms with Crippen molar-refractivity contribution in [3.05, 3.63) is 90.1 Å². The fraction of sp³-hybridized carbons (Fsp3) is 0.222. The van der Waals surface area contributed by atoms with Crippen molar-refractivity contribution < 1.29 is 19.0 Å². The fourth-order valence-electron chi connectivity index (χ4n) is 3.29. The molecule has 0 heterocycles. The summed E-state index contributed by atoms with van der Waals surface area (Å²) in [5.41, 5.74) is 5.45. The maximum Gasteiger partial charge on any atom is 0.255 e. The van der Waals surface area contributed by atoms with Gasteiger partial charge < -0.3 is 19.5 Å². The quantitative estimate of drug-likeness (QED) is 0.438. The zero-order chi connectivity index (χ0) is 23.7. The van der Waals surface area contributed by atoms with Crippen LogP contribution in [0.1, 0.15) is 36.2 Å². The maximum atomic E-state index is 12.8. The number of carbonyl (C=O) groups is 1. The molecule has 0 fully saturated rings. The molecule has 0 saturated heterocycles. The van der Waals surface area contributed by atoms with Crippen molar-refractivity contribution in [1.82, 2.24) is 0 Å². The Bertz CT molecular complexity index is 1020. The number of carbonyl (C=O) groups excluding carboxylic acids is 1. The van der Waals surface area contributed by atoms with Crippen molar-refractivity contribution in [2.24, 2.45) is 0 Å². The first-order chi connectivity index (χ1) is 15.4. The van der Waals surface area contributed by atoms with Crippen molar-refractivity contribution in [2.75, 3.05) is 26.6 Å². The van der Waals surface area contributed by atoms with E-state index in [1.165, 1.54) is 26.9 Å². The van der Waals surface area contributed by atoms with Crippen molar-refractivity contribution in [1.29, 1.82) is 0 Å². The number of hydrogen-bond acceptors (Lipinski definition) is 4. The molecule has 0 radical (unpaired) electrons. The van der Waals surface area contributed by atoms with Crippen LogP contribution in [0, 0.1) is 0 Å². The molecule has 0 aromatic heterocycles. The highest BCUT2D eigenvalue weighted by Gasteiger charge is 2.17. The molecule has 2 rings (SSSR count). The summed E-state index contributed by atoms with van der Waals surface area (Å²) in [6.07, 6.45) is 6.60. The molecular formula is C27H31NO4. The zero-order valence-corrected chi connectivity index (χ0v) is 19.5. The van der Waals surface area contributed by atoms with Crippen LogP contribution in [-0.2, 0) is 0 Å². The van der Waals surface area contributed by atoms with E-state index in [-0.39, 0.29) is 5.91 Å². The molecule has 2 aromatic rings. The Kier molecular flexibility index (Phi) is 8.90. The van der Waals surface area contributed by atoms with Crippen LogP contribution in [0.2, 0.25) is 0 Å². The number of allylic oxidation sites excluding steroid dienone is 6. The third-order valence-electron chi connectivity index (χ3n) is 5.10. The first kappa shape index (κ1) is 24.5. The normalized spacial score (nSPS) is 11.5. The first-order valence-corrected chi connectivity index (χ1v) is 10.2. The lowest BCUT2D eigenvalue weighted by atomic mass is 9.95. The summed E-state index contributed by atoms with van der Waals surface area (Å²) >= 11 is 0. The summed E-state index contributed by atoms with van der Waals surface area (Å²) in [7, 11) is 4.54. The second kappa shape index (κ2) is 11.6. The predicted octanol–water partition coefficient (Wildman–Crippen LogP) is 6.45. The number of ether oxygens (including phenoxy) is 3. The van der Waals surface area contributed by atoms with E-state index in [2.05, 4.69) is 31.5 Å². The highest BCUT2D eigenvalue weighted by atomic mass is 16.5. The summed E-state index contributed by atoms with van der Waals surface area (Å²) in [6.45, 7) is 12.1. The number of rotatable bonds is 10. The molecule has 0 atom stereocenters. The monoisotopic (exact) mass is 433 g/mol. The Labute approximate surface area is 190 Å². The van der Waals surface area contributed by atoms with E-state index < -0.39 is 0 Å². The van der Waals surface area contributed by atoms with E-state index in [1.807, 2.05) is 37.3 Å². The smallest absolute Gasteiger partial charge is 0.255 e. The molecule has 32 heavy (non-hydrogen) atoms. The van der Waals surface area contributed by atoms with Crippen LogP contribution in [0.5, 0.6) is 17.2 Å². The predicted molar refractivity (Wildman–Crippen MR) is 132 cm³/mol. The third-order valence-corrected chi connectivity index (χ3v) is 5.10. The first-order valence-electron chi connectivity index (χ1n) is 10.2. The van der Waals surface area contributed by atoms with E-state index in [9.17, 15) is 4.79 Å². The number of methoxy groups -OCH3 is 3. The van der Waals surface area contributed by atoms with E-state index in [0.717, 1.165) is 23.1 Å². The van der Waals surface area contributed by atoms with E-state index in [0.29, 0.717) is 28.5 Å². The maximum absolute atomic E-state index is 12.8. The van der Waals surface area contributed by atoms with Crippen molar-refractivity contribution in [3.63, 3.8) is 0 Å². The van der Waals surface area contributed by atoms with Gasteiger partial charge >= 0.3 is 0 Å². The number of amides is 1. The lowest BCUT2D eigenvalue weighted by Gasteiger charge is -2.14. The molecule has 5 nitrogen and oxygen atoms in total. The van der Waals surface area contributed by atoms with Crippen LogP contribution in [0.3, 0.4) is 0 Å². The lowest BCUT2D eigenvalue weighted by molar-refractivity contribution is 0.102. The van der Waals surface area contributed by atoms with E-state index in [4.69, 9.17) is 14.2 Å². The molecule has 0 saturated carbocycles. The second-order valence-corrected chi connectivity index (χ2v) is 7.13. The Morgan fingerprint density at radius 3 is 2.06 bits per heavy atom. The molecule has 1 amide bonds. The van der Waals surface area contributed by atoms with Crippen molar-refractivity contribution in [2.45, 2.75) is 20.3 Å². The van der Waals surface area contributed by atoms with Gasteiger partial charge in [0.25, 0.3) is 5.91 Å². The Morgan fingerprint density at radius 2 is 1.59 bits per heavy atom. The van der Waals surface area contributed by atoms with Gasteiger partial charge in [-0.3, -0.25) is 4.79 Å². The molecule has 0 aliphatic rings. The summed E-state index contributed by atoms with van der Waals surface area (Å²) in [5.74, 6) is 0.999. The zero-order valence-electron chi connectivity index (χ0n) is 19.5. The van der Waals surface area contributed by atoms with Gasteiger partial charge in [-0.1, -0.05) is 43.5 Å². The number of nitrogens with one attached hydrogen (secondary N) is 1. The molecule has 0 bridgehead atoms. The molecule has 168 valence electrons. The van der Waals surface area contributed by atoms with Crippen LogP contribution in [0.25, 0.3) is 5.57 Å². The number of benzene rings is 2. The standard InChI is InChI=1S/C27H31NO4/c1-8-10-18(3)20(9-2)15-19(4)21-11-13-23(14-12-21)28-27(29)22-16-24(30-5)26(32-7)25(17-22)31-6/h8-14,16-17H,1,4,15H2,2-3,5-7H3,(H,28,29)/b18-10-,20-9-. The van der Waals surface area contributed by atoms with Gasteiger partial charge in [0.05, 0.1) is 21.3 Å². The van der Waals surface area contributed by atoms with Gasteiger partial charge in [-0.25, -0.2) is 0 Å². The third kappa shape index (κ3) is 5.91. The Balaban J connectivity index is 2.16. The molecule has 0 aliphatic heterocycles. The molecular weight excluding hydrogens is 402 g/mol. The minimum atomic E-state index is -0.280. The van der Waals surface area contributed by atoms with Crippen LogP contribution >= 0.6 is 0 Å². The molecule has 0 unspecified atom stereocenters. The van der Waals surface area contributed by atoms with Crippen molar-refractivity contribution >= 4 is 17.2 Å². The fourth-order valence-corrected chi connectivity index (χ4v) is 3.29. The number of anilines is 1. The average molecular weight is 434 g/mol. The Morgan fingerprint density at radius 1 is 1.00 bits per heavy atom. The van der Waals surface area contributed by atoms with Crippen LogP contribution in [0.15, 0.2) is 78.9 Å². The van der Waals surface area contributed by atoms with Crippen LogP contribution in [-0.4, -0.2) is 27.2 Å². The minimum Gasteiger partial charge on any atom is -0.493 e. The minimum absolute atomic E-state index is 0.280. The van der Waals surface area contributed by atoms with E-state index in [1.54, 1.807) is 18.2 Å².